The van der Waals surface area contributed by atoms with E-state index in [1.165, 1.54) is 9.80 Å². The van der Waals surface area contributed by atoms with Crippen molar-refractivity contribution in [1.29, 1.82) is 0 Å². The number of benzene rings is 1. The largest absolute Gasteiger partial charge is 0.573 e. The van der Waals surface area contributed by atoms with Crippen LogP contribution in [0, 0.1) is 5.82 Å². The van der Waals surface area contributed by atoms with Gasteiger partial charge in [-0.25, -0.2) is 18.4 Å². The molecule has 1 aliphatic heterocycles. The highest BCUT2D eigenvalue weighted by Crippen LogP contribution is 2.32. The Morgan fingerprint density at radius 3 is 2.50 bits per heavy atom. The predicted octanol–water partition coefficient (Wildman–Crippen LogP) is 2.89. The van der Waals surface area contributed by atoms with Gasteiger partial charge in [-0.1, -0.05) is 6.07 Å². The molecule has 1 aliphatic carbocycles. The molecule has 3 N–H and O–H groups in total. The molecule has 12 heteroatoms. The zero-order valence-corrected chi connectivity index (χ0v) is 15.8. The molecule has 2 fully saturated rings. The van der Waals surface area contributed by atoms with Crippen molar-refractivity contribution >= 4 is 12.1 Å². The van der Waals surface area contributed by atoms with Gasteiger partial charge in [0.1, 0.15) is 17.7 Å². The minimum atomic E-state index is -4.95. The molecule has 0 bridgehead atoms. The van der Waals surface area contributed by atoms with Crippen LogP contribution < -0.4 is 15.8 Å². The Morgan fingerprint density at radius 2 is 1.93 bits per heavy atom. The van der Waals surface area contributed by atoms with E-state index in [1.807, 2.05) is 0 Å². The summed E-state index contributed by atoms with van der Waals surface area (Å²) in [5.74, 6) is -1.72. The van der Waals surface area contributed by atoms with E-state index in [-0.39, 0.29) is 37.7 Å². The van der Waals surface area contributed by atoms with Crippen LogP contribution in [0.3, 0.4) is 0 Å². The average Bonchev–Trinajstić information content (AvgIpc) is 3.43. The molecule has 1 heterocycles. The fourth-order valence-electron chi connectivity index (χ4n) is 3.54. The molecule has 2 aliphatic rings. The van der Waals surface area contributed by atoms with Crippen LogP contribution in [-0.4, -0.2) is 59.6 Å². The lowest BCUT2D eigenvalue weighted by Gasteiger charge is -2.40. The molecule has 1 saturated heterocycles. The number of alkyl halides is 4. The molecule has 166 valence electrons. The van der Waals surface area contributed by atoms with Crippen LogP contribution in [0.5, 0.6) is 5.75 Å². The van der Waals surface area contributed by atoms with E-state index in [2.05, 4.69) is 10.1 Å². The van der Waals surface area contributed by atoms with E-state index in [4.69, 9.17) is 5.73 Å². The molecule has 2 atom stereocenters. The Morgan fingerprint density at radius 1 is 1.23 bits per heavy atom. The molecule has 3 rings (SSSR count). The van der Waals surface area contributed by atoms with Crippen molar-refractivity contribution in [3.63, 3.8) is 0 Å². The summed E-state index contributed by atoms with van der Waals surface area (Å²) in [5.41, 5.74) is 5.33. The van der Waals surface area contributed by atoms with Gasteiger partial charge in [0.15, 0.2) is 0 Å². The molecule has 30 heavy (non-hydrogen) atoms. The number of nitrogens with two attached hydrogens (primary N) is 1. The number of hydrogen-bond donors (Lipinski definition) is 2. The molecule has 4 amide bonds. The molecule has 1 aromatic rings. The smallest absolute Gasteiger partial charge is 0.406 e. The fourth-order valence-corrected chi connectivity index (χ4v) is 3.54. The summed E-state index contributed by atoms with van der Waals surface area (Å²) in [5, 5.41) is 2.41. The third-order valence-electron chi connectivity index (χ3n) is 4.94. The number of primary amides is 1. The Hall–Kier alpha value is -2.79. The van der Waals surface area contributed by atoms with Gasteiger partial charge >= 0.3 is 18.4 Å². The second-order valence-corrected chi connectivity index (χ2v) is 7.33. The number of amides is 4. The highest BCUT2D eigenvalue weighted by atomic mass is 19.4. The Balaban J connectivity index is 1.59. The van der Waals surface area contributed by atoms with Crippen LogP contribution in [0.25, 0.3) is 0 Å². The number of ether oxygens (including phenoxy) is 1. The quantitative estimate of drug-likeness (QED) is 0.696. The summed E-state index contributed by atoms with van der Waals surface area (Å²) in [4.78, 5) is 26.7. The van der Waals surface area contributed by atoms with Gasteiger partial charge in [-0.05, 0) is 18.9 Å². The lowest BCUT2D eigenvalue weighted by molar-refractivity contribution is -0.274. The molecule has 0 radical (unpaired) electrons. The molecule has 0 aromatic heterocycles. The van der Waals surface area contributed by atoms with Crippen molar-refractivity contribution in [1.82, 2.24) is 15.1 Å². The molecule has 7 nitrogen and oxygen atoms in total. The van der Waals surface area contributed by atoms with Gasteiger partial charge in [0.25, 0.3) is 0 Å². The molecule has 1 saturated carbocycles. The SMILES string of the molecule is NC(=O)N(C1CC1)[C@@H]1C[C@H](F)CN(C(=O)NCc2ccc(OC(F)(F)F)cc2F)C1. The van der Waals surface area contributed by atoms with Crippen LogP contribution in [0.15, 0.2) is 18.2 Å². The summed E-state index contributed by atoms with van der Waals surface area (Å²) in [7, 11) is 0. The molecule has 0 unspecified atom stereocenters. The maximum atomic E-state index is 14.2. The maximum Gasteiger partial charge on any atom is 0.573 e. The van der Waals surface area contributed by atoms with E-state index in [1.54, 1.807) is 0 Å². The van der Waals surface area contributed by atoms with Gasteiger partial charge in [0, 0.05) is 37.2 Å². The number of piperidine rings is 1. The van der Waals surface area contributed by atoms with Gasteiger partial charge in [-0.2, -0.15) is 0 Å². The predicted molar refractivity (Wildman–Crippen MR) is 94.6 cm³/mol. The normalized spacial score (nSPS) is 21.8. The number of hydrogen-bond acceptors (Lipinski definition) is 3. The number of urea groups is 2. The van der Waals surface area contributed by atoms with Crippen molar-refractivity contribution in [2.75, 3.05) is 13.1 Å². The number of likely N-dealkylation sites (tertiary alicyclic amines) is 1. The van der Waals surface area contributed by atoms with Crippen molar-refractivity contribution in [2.24, 2.45) is 5.73 Å². The van der Waals surface area contributed by atoms with Crippen LogP contribution in [-0.2, 0) is 6.54 Å². The standard InChI is InChI=1S/C18H21F5N4O3/c19-11-5-13(27(16(24)28)12-2-3-12)9-26(8-11)17(29)25-7-10-1-4-14(6-15(10)20)30-18(21,22)23/h1,4,6,11-13H,2-3,5,7-9H2,(H2,24,28)(H,25,29)/t11-,13+/m0/s1. The first-order valence-electron chi connectivity index (χ1n) is 9.32. The van der Waals surface area contributed by atoms with Crippen molar-refractivity contribution < 1.29 is 36.3 Å². The number of halogens is 5. The highest BCUT2D eigenvalue weighted by molar-refractivity contribution is 5.75. The Bertz CT molecular complexity index is 803. The van der Waals surface area contributed by atoms with Crippen molar-refractivity contribution in [2.45, 2.75) is 50.4 Å². The van der Waals surface area contributed by atoms with E-state index in [0.717, 1.165) is 25.0 Å². The lowest BCUT2D eigenvalue weighted by Crippen LogP contribution is -2.58. The first-order chi connectivity index (χ1) is 14.0. The van der Waals surface area contributed by atoms with Crippen LogP contribution >= 0.6 is 0 Å². The summed E-state index contributed by atoms with van der Waals surface area (Å²) in [6.45, 7) is -0.440. The minimum absolute atomic E-state index is 0.0470. The second-order valence-electron chi connectivity index (χ2n) is 7.33. The van der Waals surface area contributed by atoms with E-state index in [0.29, 0.717) is 6.07 Å². The monoisotopic (exact) mass is 436 g/mol. The third-order valence-corrected chi connectivity index (χ3v) is 4.94. The zero-order chi connectivity index (χ0) is 22.1. The van der Waals surface area contributed by atoms with E-state index in [9.17, 15) is 31.5 Å². The molecular weight excluding hydrogens is 415 g/mol. The molecule has 1 aromatic carbocycles. The zero-order valence-electron chi connectivity index (χ0n) is 15.8. The average molecular weight is 436 g/mol. The first-order valence-corrected chi connectivity index (χ1v) is 9.32. The number of carbonyl (C=O) groups is 2. The van der Waals surface area contributed by atoms with Crippen LogP contribution in [0.2, 0.25) is 0 Å². The number of rotatable bonds is 5. The van der Waals surface area contributed by atoms with Crippen molar-refractivity contribution in [3.8, 4) is 5.75 Å². The Labute approximate surface area is 168 Å². The van der Waals surface area contributed by atoms with E-state index < -0.39 is 42.2 Å². The summed E-state index contributed by atoms with van der Waals surface area (Å²) < 4.78 is 68.4. The number of nitrogens with one attached hydrogen (secondary N) is 1. The first kappa shape index (κ1) is 21.9. The summed E-state index contributed by atoms with van der Waals surface area (Å²) in [6.07, 6.45) is -4.69. The van der Waals surface area contributed by atoms with Crippen LogP contribution in [0.1, 0.15) is 24.8 Å². The maximum absolute atomic E-state index is 14.2. The van der Waals surface area contributed by atoms with Gasteiger partial charge in [0.05, 0.1) is 12.6 Å². The van der Waals surface area contributed by atoms with Crippen molar-refractivity contribution in [3.05, 3.63) is 29.6 Å². The summed E-state index contributed by atoms with van der Waals surface area (Å²) >= 11 is 0. The van der Waals surface area contributed by atoms with E-state index >= 15 is 0 Å². The molecule has 0 spiro atoms. The van der Waals surface area contributed by atoms with Gasteiger partial charge < -0.3 is 25.6 Å². The van der Waals surface area contributed by atoms with Gasteiger partial charge in [-0.3, -0.25) is 0 Å². The number of nitrogens with zero attached hydrogens (tertiary/aromatic N) is 2. The second kappa shape index (κ2) is 8.52. The van der Waals surface area contributed by atoms with Gasteiger partial charge in [-0.15, -0.1) is 13.2 Å². The number of carbonyl (C=O) groups excluding carboxylic acids is 2. The van der Waals surface area contributed by atoms with Gasteiger partial charge in [0.2, 0.25) is 0 Å². The fraction of sp³-hybridized carbons (Fsp3) is 0.556. The minimum Gasteiger partial charge on any atom is -0.406 e. The topological polar surface area (TPSA) is 87.9 Å². The Kier molecular flexibility index (Phi) is 6.22. The third kappa shape index (κ3) is 5.63. The highest BCUT2D eigenvalue weighted by Gasteiger charge is 2.41. The lowest BCUT2D eigenvalue weighted by atomic mass is 10.0. The summed E-state index contributed by atoms with van der Waals surface area (Å²) in [6, 6.07) is 0.582. The van der Waals surface area contributed by atoms with Crippen LogP contribution in [0.4, 0.5) is 31.5 Å². The molecular formula is C18H21F5N4O3.